The van der Waals surface area contributed by atoms with E-state index in [1.807, 2.05) is 30.3 Å². The van der Waals surface area contributed by atoms with E-state index in [2.05, 4.69) is 4.90 Å². The number of hydrogen-bond donors (Lipinski definition) is 0. The SMILES string of the molecule is CC(=O)O[C@]1(c2ccccc2)[C@@H]2CN(C3CCCCC3)C(=O)[C@@H]21. The van der Waals surface area contributed by atoms with Gasteiger partial charge in [-0.3, -0.25) is 9.59 Å². The number of nitrogens with zero attached hydrogens (tertiary/aromatic N) is 1. The molecule has 1 aromatic carbocycles. The van der Waals surface area contributed by atoms with Gasteiger partial charge in [0.1, 0.15) is 0 Å². The van der Waals surface area contributed by atoms with E-state index in [4.69, 9.17) is 4.74 Å². The third-order valence-corrected chi connectivity index (χ3v) is 5.80. The molecule has 0 radical (unpaired) electrons. The highest BCUT2D eigenvalue weighted by Gasteiger charge is 2.77. The molecule has 122 valence electrons. The van der Waals surface area contributed by atoms with E-state index >= 15 is 0 Å². The van der Waals surface area contributed by atoms with Crippen LogP contribution in [0.25, 0.3) is 0 Å². The van der Waals surface area contributed by atoms with Crippen LogP contribution in [0.2, 0.25) is 0 Å². The zero-order valence-corrected chi connectivity index (χ0v) is 13.5. The summed E-state index contributed by atoms with van der Waals surface area (Å²) in [5.41, 5.74) is 0.247. The molecular formula is C19H23NO3. The predicted molar refractivity (Wildman–Crippen MR) is 85.5 cm³/mol. The van der Waals surface area contributed by atoms with Crippen molar-refractivity contribution in [2.45, 2.75) is 50.7 Å². The molecule has 23 heavy (non-hydrogen) atoms. The van der Waals surface area contributed by atoms with E-state index in [0.29, 0.717) is 6.04 Å². The zero-order valence-electron chi connectivity index (χ0n) is 13.5. The van der Waals surface area contributed by atoms with Gasteiger partial charge in [0.2, 0.25) is 5.91 Å². The number of hydrogen-bond acceptors (Lipinski definition) is 3. The van der Waals surface area contributed by atoms with E-state index in [0.717, 1.165) is 24.9 Å². The van der Waals surface area contributed by atoms with Crippen molar-refractivity contribution in [1.29, 1.82) is 0 Å². The minimum atomic E-state index is -0.713. The Kier molecular flexibility index (Phi) is 3.43. The first-order valence-corrected chi connectivity index (χ1v) is 8.70. The topological polar surface area (TPSA) is 46.6 Å². The van der Waals surface area contributed by atoms with Crippen LogP contribution in [0.1, 0.15) is 44.6 Å². The summed E-state index contributed by atoms with van der Waals surface area (Å²) in [4.78, 5) is 26.7. The Morgan fingerprint density at radius 3 is 2.43 bits per heavy atom. The average molecular weight is 313 g/mol. The van der Waals surface area contributed by atoms with Gasteiger partial charge in [-0.05, 0) is 18.4 Å². The van der Waals surface area contributed by atoms with Crippen molar-refractivity contribution in [3.63, 3.8) is 0 Å². The van der Waals surface area contributed by atoms with Crippen LogP contribution in [-0.2, 0) is 19.9 Å². The molecule has 0 bridgehead atoms. The fraction of sp³-hybridized carbons (Fsp3) is 0.579. The lowest BCUT2D eigenvalue weighted by molar-refractivity contribution is -0.155. The summed E-state index contributed by atoms with van der Waals surface area (Å²) in [7, 11) is 0. The van der Waals surface area contributed by atoms with Crippen molar-refractivity contribution in [3.05, 3.63) is 35.9 Å². The second kappa shape index (κ2) is 5.36. The summed E-state index contributed by atoms with van der Waals surface area (Å²) in [6, 6.07) is 10.2. The Morgan fingerprint density at radius 2 is 1.87 bits per heavy atom. The summed E-state index contributed by atoms with van der Waals surface area (Å²) in [5.74, 6) is -0.189. The predicted octanol–water partition coefficient (Wildman–Crippen LogP) is 2.87. The van der Waals surface area contributed by atoms with E-state index in [9.17, 15) is 9.59 Å². The Morgan fingerprint density at radius 1 is 1.17 bits per heavy atom. The third-order valence-electron chi connectivity index (χ3n) is 5.80. The number of ether oxygens (including phenoxy) is 1. The molecule has 1 saturated heterocycles. The maximum atomic E-state index is 13.0. The Balaban J connectivity index is 1.59. The van der Waals surface area contributed by atoms with Gasteiger partial charge in [0, 0.05) is 25.4 Å². The maximum Gasteiger partial charge on any atom is 0.303 e. The number of fused-ring (bicyclic) bond motifs is 1. The normalized spacial score (nSPS) is 33.4. The summed E-state index contributed by atoms with van der Waals surface area (Å²) < 4.78 is 5.72. The van der Waals surface area contributed by atoms with Crippen molar-refractivity contribution in [1.82, 2.24) is 4.90 Å². The highest BCUT2D eigenvalue weighted by molar-refractivity contribution is 5.89. The van der Waals surface area contributed by atoms with Gasteiger partial charge in [0.05, 0.1) is 5.92 Å². The van der Waals surface area contributed by atoms with Crippen molar-refractivity contribution in [3.8, 4) is 0 Å². The third kappa shape index (κ3) is 2.19. The van der Waals surface area contributed by atoms with Crippen molar-refractivity contribution in [2.24, 2.45) is 11.8 Å². The monoisotopic (exact) mass is 313 g/mol. The van der Waals surface area contributed by atoms with Gasteiger partial charge in [-0.2, -0.15) is 0 Å². The number of esters is 1. The van der Waals surface area contributed by atoms with E-state index in [1.165, 1.54) is 26.2 Å². The Hall–Kier alpha value is -1.84. The van der Waals surface area contributed by atoms with E-state index < -0.39 is 5.60 Å². The fourth-order valence-electron chi connectivity index (χ4n) is 4.76. The lowest BCUT2D eigenvalue weighted by Crippen LogP contribution is -2.43. The van der Waals surface area contributed by atoms with Gasteiger partial charge in [-0.25, -0.2) is 0 Å². The fourth-order valence-corrected chi connectivity index (χ4v) is 4.76. The first kappa shape index (κ1) is 14.7. The summed E-state index contributed by atoms with van der Waals surface area (Å²) in [6.07, 6.45) is 5.97. The van der Waals surface area contributed by atoms with Crippen LogP contribution in [0, 0.1) is 11.8 Å². The summed E-state index contributed by atoms with van der Waals surface area (Å²) >= 11 is 0. The smallest absolute Gasteiger partial charge is 0.303 e. The molecule has 3 aliphatic rings. The first-order chi connectivity index (χ1) is 11.1. The number of rotatable bonds is 3. The largest absolute Gasteiger partial charge is 0.453 e. The van der Waals surface area contributed by atoms with Gasteiger partial charge in [0.15, 0.2) is 5.60 Å². The quantitative estimate of drug-likeness (QED) is 0.806. The molecule has 2 aliphatic carbocycles. The zero-order chi connectivity index (χ0) is 16.0. The van der Waals surface area contributed by atoms with Gasteiger partial charge in [-0.1, -0.05) is 49.6 Å². The standard InChI is InChI=1S/C19H23NO3/c1-13(21)23-19(14-8-4-2-5-9-14)16-12-20(18(22)17(16)19)15-10-6-3-7-11-15/h2,4-5,8-9,15-17H,3,6-7,10-12H2,1H3/t16-,17-,19-/m1/s1. The molecule has 3 fully saturated rings. The van der Waals surface area contributed by atoms with Crippen LogP contribution in [0.3, 0.4) is 0 Å². The molecule has 1 aliphatic heterocycles. The molecule has 0 N–H and O–H groups in total. The van der Waals surface area contributed by atoms with Crippen LogP contribution in [0.5, 0.6) is 0 Å². The molecule has 4 nitrogen and oxygen atoms in total. The van der Waals surface area contributed by atoms with Gasteiger partial charge in [-0.15, -0.1) is 0 Å². The molecule has 1 heterocycles. The summed E-state index contributed by atoms with van der Waals surface area (Å²) in [6.45, 7) is 2.17. The van der Waals surface area contributed by atoms with Crippen LogP contribution < -0.4 is 0 Å². The number of carbonyl (C=O) groups is 2. The minimum Gasteiger partial charge on any atom is -0.453 e. The molecule has 1 aromatic rings. The summed E-state index contributed by atoms with van der Waals surface area (Å²) in [5, 5.41) is 0. The maximum absolute atomic E-state index is 13.0. The molecule has 0 unspecified atom stereocenters. The van der Waals surface area contributed by atoms with Crippen molar-refractivity contribution >= 4 is 11.9 Å². The number of likely N-dealkylation sites (tertiary alicyclic amines) is 1. The van der Waals surface area contributed by atoms with E-state index in [1.54, 1.807) is 0 Å². The number of carbonyl (C=O) groups excluding carboxylic acids is 2. The minimum absolute atomic E-state index is 0.114. The number of benzene rings is 1. The van der Waals surface area contributed by atoms with Crippen LogP contribution in [0.15, 0.2) is 30.3 Å². The van der Waals surface area contributed by atoms with Crippen molar-refractivity contribution < 1.29 is 14.3 Å². The van der Waals surface area contributed by atoms with Gasteiger partial charge < -0.3 is 9.64 Å². The average Bonchev–Trinajstić information content (AvgIpc) is 3.05. The van der Waals surface area contributed by atoms with E-state index in [-0.39, 0.29) is 23.7 Å². The van der Waals surface area contributed by atoms with Crippen LogP contribution in [-0.4, -0.2) is 29.4 Å². The van der Waals surface area contributed by atoms with Gasteiger partial charge >= 0.3 is 5.97 Å². The van der Waals surface area contributed by atoms with Crippen LogP contribution in [0.4, 0.5) is 0 Å². The highest BCUT2D eigenvalue weighted by Crippen LogP contribution is 2.65. The highest BCUT2D eigenvalue weighted by atomic mass is 16.6. The number of amides is 1. The molecule has 4 rings (SSSR count). The lowest BCUT2D eigenvalue weighted by Gasteiger charge is -2.35. The Labute approximate surface area is 136 Å². The molecule has 0 spiro atoms. The van der Waals surface area contributed by atoms with Crippen LogP contribution >= 0.6 is 0 Å². The van der Waals surface area contributed by atoms with Crippen molar-refractivity contribution in [2.75, 3.05) is 6.54 Å². The molecular weight excluding hydrogens is 290 g/mol. The second-order valence-electron chi connectivity index (χ2n) is 7.12. The molecule has 2 saturated carbocycles. The second-order valence-corrected chi connectivity index (χ2v) is 7.12. The molecule has 1 amide bonds. The number of piperidine rings is 1. The molecule has 3 atom stereocenters. The molecule has 4 heteroatoms. The Bertz CT molecular complexity index is 623. The lowest BCUT2D eigenvalue weighted by atomic mass is 9.93. The molecule has 0 aromatic heterocycles. The van der Waals surface area contributed by atoms with Gasteiger partial charge in [0.25, 0.3) is 0 Å². The first-order valence-electron chi connectivity index (χ1n) is 8.70.